The zero-order chi connectivity index (χ0) is 18.3. The highest BCUT2D eigenvalue weighted by molar-refractivity contribution is 7.90. The Morgan fingerprint density at radius 1 is 1.22 bits per heavy atom. The van der Waals surface area contributed by atoms with Gasteiger partial charge in [0.1, 0.15) is 12.4 Å². The molecule has 148 valence electrons. The van der Waals surface area contributed by atoms with Gasteiger partial charge in [-0.25, -0.2) is 8.42 Å². The molecule has 1 aliphatic heterocycles. The summed E-state index contributed by atoms with van der Waals surface area (Å²) in [6.07, 6.45) is 5.34. The number of carbonyl (C=O) groups is 1. The number of nitrogens with zero attached hydrogens (tertiary/aromatic N) is 1. The summed E-state index contributed by atoms with van der Waals surface area (Å²) < 4.78 is 26.6. The molecule has 2 aliphatic carbocycles. The summed E-state index contributed by atoms with van der Waals surface area (Å²) in [4.78, 5) is 16.9. The van der Waals surface area contributed by atoms with E-state index in [-0.39, 0.29) is 47.7 Å². The number of rotatable bonds is 3. The molecule has 2 bridgehead atoms. The fraction of sp³-hybridized carbons (Fsp3) is 0.556. The number of carbonyl (C=O) groups excluding carboxylic acids is 1. The number of fused-ring (bicyclic) bond motifs is 3. The van der Waals surface area contributed by atoms with Crippen LogP contribution in [-0.4, -0.2) is 38.8 Å². The lowest BCUT2D eigenvalue weighted by molar-refractivity contribution is -0.122. The molecule has 4 rings (SSSR count). The summed E-state index contributed by atoms with van der Waals surface area (Å²) in [5.41, 5.74) is 6.65. The van der Waals surface area contributed by atoms with Gasteiger partial charge in [-0.1, -0.05) is 18.6 Å². The number of aliphatic imine (C=N–C) groups is 1. The number of amidine groups is 1. The Bertz CT molecular complexity index is 844. The minimum Gasteiger partial charge on any atom is -0.351 e. The largest absolute Gasteiger partial charge is 0.351 e. The zero-order valence-corrected chi connectivity index (χ0v) is 16.6. The number of benzene rings is 1. The predicted octanol–water partition coefficient (Wildman–Crippen LogP) is 1.17. The van der Waals surface area contributed by atoms with Crippen molar-refractivity contribution in [2.45, 2.75) is 49.1 Å². The van der Waals surface area contributed by atoms with E-state index in [1.54, 1.807) is 18.2 Å². The fourth-order valence-electron chi connectivity index (χ4n) is 4.66. The highest BCUT2D eigenvalue weighted by Gasteiger charge is 2.39. The number of hydrogen-bond acceptors (Lipinski definition) is 5. The Balaban J connectivity index is 0.00000210. The van der Waals surface area contributed by atoms with E-state index in [1.807, 2.05) is 0 Å². The third-order valence-corrected chi connectivity index (χ3v) is 7.14. The third-order valence-electron chi connectivity index (χ3n) is 5.75. The molecule has 0 saturated heterocycles. The molecule has 27 heavy (non-hydrogen) atoms. The molecule has 0 radical (unpaired) electrons. The van der Waals surface area contributed by atoms with Crippen LogP contribution in [0.15, 0.2) is 34.2 Å². The lowest BCUT2D eigenvalue weighted by atomic mass is 9.67. The summed E-state index contributed by atoms with van der Waals surface area (Å²) >= 11 is 0. The first-order chi connectivity index (χ1) is 12.4. The molecular formula is C18H25ClN4O3S. The maximum absolute atomic E-state index is 12.4. The second kappa shape index (κ2) is 7.77. The maximum Gasteiger partial charge on any atom is 0.263 e. The number of sulfonamides is 1. The lowest BCUT2D eigenvalue weighted by Gasteiger charge is -2.45. The molecule has 1 heterocycles. The molecule has 2 unspecified atom stereocenters. The zero-order valence-electron chi connectivity index (χ0n) is 14.9. The molecule has 1 amide bonds. The highest BCUT2D eigenvalue weighted by Crippen LogP contribution is 2.39. The number of halogens is 1. The second-order valence-electron chi connectivity index (χ2n) is 7.54. The Labute approximate surface area is 165 Å². The van der Waals surface area contributed by atoms with Crippen LogP contribution < -0.4 is 15.8 Å². The van der Waals surface area contributed by atoms with Crippen molar-refractivity contribution in [2.24, 2.45) is 22.6 Å². The molecule has 9 heteroatoms. The van der Waals surface area contributed by atoms with Crippen molar-refractivity contribution in [2.75, 3.05) is 6.54 Å². The van der Waals surface area contributed by atoms with E-state index in [0.717, 1.165) is 25.7 Å². The average Bonchev–Trinajstić information content (AvgIpc) is 2.85. The van der Waals surface area contributed by atoms with Gasteiger partial charge in [0.2, 0.25) is 5.91 Å². The Morgan fingerprint density at radius 2 is 1.89 bits per heavy atom. The van der Waals surface area contributed by atoms with Crippen molar-refractivity contribution in [3.63, 3.8) is 0 Å². The molecule has 4 N–H and O–H groups in total. The van der Waals surface area contributed by atoms with Gasteiger partial charge in [-0.2, -0.15) is 0 Å². The first-order valence-corrected chi connectivity index (χ1v) is 10.6. The van der Waals surface area contributed by atoms with Gasteiger partial charge < -0.3 is 11.1 Å². The van der Waals surface area contributed by atoms with Crippen molar-refractivity contribution in [3.05, 3.63) is 29.8 Å². The first kappa shape index (κ1) is 20.1. The summed E-state index contributed by atoms with van der Waals surface area (Å²) in [6.45, 7) is -0.0891. The lowest BCUT2D eigenvalue weighted by Crippen LogP contribution is -2.54. The smallest absolute Gasteiger partial charge is 0.263 e. The van der Waals surface area contributed by atoms with Crippen molar-refractivity contribution in [3.8, 4) is 0 Å². The molecule has 2 atom stereocenters. The molecular weight excluding hydrogens is 388 g/mol. The molecule has 1 aromatic carbocycles. The van der Waals surface area contributed by atoms with E-state index in [4.69, 9.17) is 5.73 Å². The van der Waals surface area contributed by atoms with Crippen LogP contribution in [0.4, 0.5) is 0 Å². The van der Waals surface area contributed by atoms with E-state index in [9.17, 15) is 13.2 Å². The van der Waals surface area contributed by atoms with Crippen LogP contribution in [0, 0.1) is 11.8 Å². The van der Waals surface area contributed by atoms with E-state index in [0.29, 0.717) is 17.4 Å². The number of nitrogens with one attached hydrogen (secondary N) is 2. The standard InChI is InChI=1S/C18H24N4O3S.ClH/c19-13-8-11-4-3-5-12(9-13)17(11)21-16(23)10-20-18-14-6-1-2-7-15(14)26(24,25)22-18;/h1-2,6-7,11-13,17H,3-5,8-10,19H2,(H,20,22)(H,21,23);1H. The number of nitrogens with two attached hydrogens (primary N) is 1. The first-order valence-electron chi connectivity index (χ1n) is 9.15. The SMILES string of the molecule is Cl.NC1CC2CCCC(C1)C2NC(=O)CN=C1NS(=O)(=O)c2ccccc21. The van der Waals surface area contributed by atoms with E-state index in [1.165, 1.54) is 12.5 Å². The van der Waals surface area contributed by atoms with E-state index >= 15 is 0 Å². The summed E-state index contributed by atoms with van der Waals surface area (Å²) in [6, 6.07) is 7.05. The van der Waals surface area contributed by atoms with Crippen LogP contribution in [0.1, 0.15) is 37.7 Å². The topological polar surface area (TPSA) is 114 Å². The van der Waals surface area contributed by atoms with Crippen LogP contribution in [0.3, 0.4) is 0 Å². The molecule has 0 spiro atoms. The molecule has 3 aliphatic rings. The normalized spacial score (nSPS) is 32.1. The molecule has 2 saturated carbocycles. The number of amides is 1. The Kier molecular flexibility index (Phi) is 5.79. The van der Waals surface area contributed by atoms with Gasteiger partial charge in [0.05, 0.1) is 4.90 Å². The van der Waals surface area contributed by atoms with Gasteiger partial charge in [0.25, 0.3) is 10.0 Å². The van der Waals surface area contributed by atoms with Crippen molar-refractivity contribution < 1.29 is 13.2 Å². The van der Waals surface area contributed by atoms with Crippen LogP contribution in [0.2, 0.25) is 0 Å². The van der Waals surface area contributed by atoms with Gasteiger partial charge in [-0.05, 0) is 49.7 Å². The molecule has 7 nitrogen and oxygen atoms in total. The third kappa shape index (κ3) is 3.97. The summed E-state index contributed by atoms with van der Waals surface area (Å²) in [5, 5.41) is 3.13. The highest BCUT2D eigenvalue weighted by atomic mass is 35.5. The molecule has 1 aromatic rings. The van der Waals surface area contributed by atoms with E-state index in [2.05, 4.69) is 15.0 Å². The Morgan fingerprint density at radius 3 is 2.59 bits per heavy atom. The monoisotopic (exact) mass is 412 g/mol. The van der Waals surface area contributed by atoms with Gasteiger partial charge >= 0.3 is 0 Å². The molecule has 0 aromatic heterocycles. The second-order valence-corrected chi connectivity index (χ2v) is 9.19. The Hall–Kier alpha value is -1.64. The maximum atomic E-state index is 12.4. The summed E-state index contributed by atoms with van der Waals surface area (Å²) in [7, 11) is -3.57. The quantitative estimate of drug-likeness (QED) is 0.691. The van der Waals surface area contributed by atoms with E-state index < -0.39 is 10.0 Å². The van der Waals surface area contributed by atoms with Crippen LogP contribution in [0.5, 0.6) is 0 Å². The van der Waals surface area contributed by atoms with Gasteiger partial charge in [0, 0.05) is 17.6 Å². The number of hydrogen-bond donors (Lipinski definition) is 3. The van der Waals surface area contributed by atoms with Gasteiger partial charge in [-0.15, -0.1) is 12.4 Å². The van der Waals surface area contributed by atoms with Crippen molar-refractivity contribution in [1.29, 1.82) is 0 Å². The molecule has 2 fully saturated rings. The van der Waals surface area contributed by atoms with Gasteiger partial charge in [-0.3, -0.25) is 14.5 Å². The fourth-order valence-corrected chi connectivity index (χ4v) is 5.91. The van der Waals surface area contributed by atoms with Gasteiger partial charge in [0.15, 0.2) is 0 Å². The minimum absolute atomic E-state index is 0. The van der Waals surface area contributed by atoms with Crippen molar-refractivity contribution >= 4 is 34.2 Å². The predicted molar refractivity (Wildman–Crippen MR) is 105 cm³/mol. The van der Waals surface area contributed by atoms with Crippen molar-refractivity contribution in [1.82, 2.24) is 10.0 Å². The van der Waals surface area contributed by atoms with Crippen LogP contribution in [0.25, 0.3) is 0 Å². The minimum atomic E-state index is -3.57. The van der Waals surface area contributed by atoms with Crippen LogP contribution in [-0.2, 0) is 14.8 Å². The summed E-state index contributed by atoms with van der Waals surface area (Å²) in [5.74, 6) is 0.958. The average molecular weight is 413 g/mol. The van der Waals surface area contributed by atoms with Crippen LogP contribution >= 0.6 is 12.4 Å².